The molecule has 1 aliphatic rings. The van der Waals surface area contributed by atoms with Crippen LogP contribution >= 0.6 is 11.8 Å². The Kier molecular flexibility index (Phi) is 3.43. The number of nitrogens with one attached hydrogen (secondary N) is 1. The number of nitrogens with two attached hydrogens (primary N) is 1. The number of aromatic nitrogens is 2. The number of rotatable bonds is 4. The highest BCUT2D eigenvalue weighted by Gasteiger charge is 2.16. The Hall–Kier alpha value is -0.810. The first-order valence-electron chi connectivity index (χ1n) is 5.19. The Balaban J connectivity index is 2.09. The summed E-state index contributed by atoms with van der Waals surface area (Å²) in [4.78, 5) is 8.94. The lowest BCUT2D eigenvalue weighted by molar-refractivity contribution is 0.858. The van der Waals surface area contributed by atoms with E-state index in [0.29, 0.717) is 6.54 Å². The molecule has 0 aliphatic carbocycles. The molecule has 0 unspecified atom stereocenters. The van der Waals surface area contributed by atoms with E-state index in [1.54, 1.807) is 0 Å². The monoisotopic (exact) mass is 224 g/mol. The van der Waals surface area contributed by atoms with Gasteiger partial charge in [-0.15, -0.1) is 0 Å². The summed E-state index contributed by atoms with van der Waals surface area (Å²) in [5.41, 5.74) is 9.06. The van der Waals surface area contributed by atoms with Gasteiger partial charge in [-0.1, -0.05) is 0 Å². The molecular weight excluding hydrogens is 208 g/mol. The fraction of sp³-hybridized carbons (Fsp3) is 0.600. The minimum atomic E-state index is 0.701. The predicted molar refractivity (Wildman–Crippen MR) is 63.9 cm³/mol. The normalized spacial score (nSPS) is 14.0. The van der Waals surface area contributed by atoms with Gasteiger partial charge in [0.15, 0.2) is 0 Å². The third-order valence-electron chi connectivity index (χ3n) is 2.45. The standard InChI is InChI=1S/C10H16N4S/c1-7-8-5-15-6-9(8)14-10(13-7)12-4-2-3-11/h2-6,11H2,1H3,(H,12,13,14). The number of hydrogen-bond acceptors (Lipinski definition) is 5. The molecule has 1 aromatic rings. The van der Waals surface area contributed by atoms with Crippen LogP contribution in [0.5, 0.6) is 0 Å². The first kappa shape index (κ1) is 10.7. The summed E-state index contributed by atoms with van der Waals surface area (Å²) in [5.74, 6) is 2.83. The topological polar surface area (TPSA) is 63.8 Å². The summed E-state index contributed by atoms with van der Waals surface area (Å²) in [7, 11) is 0. The van der Waals surface area contributed by atoms with Crippen LogP contribution in [0.3, 0.4) is 0 Å². The summed E-state index contributed by atoms with van der Waals surface area (Å²) in [6.45, 7) is 3.61. The lowest BCUT2D eigenvalue weighted by Gasteiger charge is -2.07. The van der Waals surface area contributed by atoms with Crippen molar-refractivity contribution in [2.24, 2.45) is 5.73 Å². The number of nitrogens with zero attached hydrogens (tertiary/aromatic N) is 2. The maximum Gasteiger partial charge on any atom is 0.223 e. The molecule has 0 amide bonds. The van der Waals surface area contributed by atoms with Crippen LogP contribution in [0.15, 0.2) is 0 Å². The number of fused-ring (bicyclic) bond motifs is 1. The highest BCUT2D eigenvalue weighted by molar-refractivity contribution is 7.98. The van der Waals surface area contributed by atoms with E-state index >= 15 is 0 Å². The van der Waals surface area contributed by atoms with Gasteiger partial charge in [-0.05, 0) is 19.9 Å². The molecule has 0 fully saturated rings. The first-order chi connectivity index (χ1) is 7.31. The first-order valence-corrected chi connectivity index (χ1v) is 6.35. The van der Waals surface area contributed by atoms with E-state index in [-0.39, 0.29) is 0 Å². The van der Waals surface area contributed by atoms with Crippen LogP contribution in [-0.4, -0.2) is 23.1 Å². The van der Waals surface area contributed by atoms with Crippen LogP contribution in [0.4, 0.5) is 5.95 Å². The van der Waals surface area contributed by atoms with Crippen molar-refractivity contribution >= 4 is 17.7 Å². The van der Waals surface area contributed by atoms with Crippen LogP contribution < -0.4 is 11.1 Å². The van der Waals surface area contributed by atoms with E-state index in [1.807, 2.05) is 11.8 Å². The quantitative estimate of drug-likeness (QED) is 0.755. The summed E-state index contributed by atoms with van der Waals surface area (Å²) >= 11 is 1.90. The predicted octanol–water partition coefficient (Wildman–Crippen LogP) is 1.29. The van der Waals surface area contributed by atoms with Gasteiger partial charge >= 0.3 is 0 Å². The van der Waals surface area contributed by atoms with E-state index in [1.165, 1.54) is 11.3 Å². The molecule has 0 saturated heterocycles. The van der Waals surface area contributed by atoms with Crippen molar-refractivity contribution in [3.05, 3.63) is 17.0 Å². The fourth-order valence-corrected chi connectivity index (χ4v) is 2.71. The smallest absolute Gasteiger partial charge is 0.223 e. The van der Waals surface area contributed by atoms with E-state index < -0.39 is 0 Å². The molecular formula is C10H16N4S. The van der Waals surface area contributed by atoms with Gasteiger partial charge in [0.05, 0.1) is 5.69 Å². The average Bonchev–Trinajstić information content (AvgIpc) is 2.66. The molecule has 1 aromatic heterocycles. The van der Waals surface area contributed by atoms with Gasteiger partial charge < -0.3 is 11.1 Å². The lowest BCUT2D eigenvalue weighted by Crippen LogP contribution is -2.12. The maximum absolute atomic E-state index is 5.43. The molecule has 4 nitrogen and oxygen atoms in total. The van der Waals surface area contributed by atoms with Crippen molar-refractivity contribution in [2.45, 2.75) is 24.9 Å². The van der Waals surface area contributed by atoms with Crippen LogP contribution in [0.2, 0.25) is 0 Å². The SMILES string of the molecule is Cc1nc(NCCCN)nc2c1CSC2. The van der Waals surface area contributed by atoms with Crippen molar-refractivity contribution in [3.63, 3.8) is 0 Å². The number of thioether (sulfide) groups is 1. The van der Waals surface area contributed by atoms with Gasteiger partial charge in [0.1, 0.15) is 0 Å². The van der Waals surface area contributed by atoms with Crippen LogP contribution in [-0.2, 0) is 11.5 Å². The molecule has 0 atom stereocenters. The van der Waals surface area contributed by atoms with Gasteiger partial charge in [-0.3, -0.25) is 0 Å². The molecule has 0 saturated carbocycles. The van der Waals surface area contributed by atoms with Gasteiger partial charge in [-0.25, -0.2) is 9.97 Å². The highest BCUT2D eigenvalue weighted by atomic mass is 32.2. The number of hydrogen-bond donors (Lipinski definition) is 2. The van der Waals surface area contributed by atoms with Crippen LogP contribution in [0.1, 0.15) is 23.4 Å². The second-order valence-electron chi connectivity index (χ2n) is 3.62. The number of anilines is 1. The van der Waals surface area contributed by atoms with E-state index in [0.717, 1.165) is 36.1 Å². The Bertz CT molecular complexity index is 354. The molecule has 2 heterocycles. The maximum atomic E-state index is 5.43. The molecule has 5 heteroatoms. The van der Waals surface area contributed by atoms with Crippen molar-refractivity contribution in [3.8, 4) is 0 Å². The summed E-state index contributed by atoms with van der Waals surface area (Å²) in [6, 6.07) is 0. The summed E-state index contributed by atoms with van der Waals surface area (Å²) in [6.07, 6.45) is 0.953. The molecule has 3 N–H and O–H groups in total. The van der Waals surface area contributed by atoms with Crippen molar-refractivity contribution in [1.29, 1.82) is 0 Å². The van der Waals surface area contributed by atoms with Crippen LogP contribution in [0.25, 0.3) is 0 Å². The van der Waals surface area contributed by atoms with Gasteiger partial charge in [0.25, 0.3) is 0 Å². The highest BCUT2D eigenvalue weighted by Crippen LogP contribution is 2.30. The minimum Gasteiger partial charge on any atom is -0.354 e. The average molecular weight is 224 g/mol. The Morgan fingerprint density at radius 2 is 2.27 bits per heavy atom. The van der Waals surface area contributed by atoms with Gasteiger partial charge in [-0.2, -0.15) is 11.8 Å². The molecule has 0 radical (unpaired) electrons. The molecule has 1 aliphatic heterocycles. The largest absolute Gasteiger partial charge is 0.354 e. The zero-order valence-electron chi connectivity index (χ0n) is 8.92. The lowest BCUT2D eigenvalue weighted by atomic mass is 10.2. The molecule has 82 valence electrons. The van der Waals surface area contributed by atoms with Gasteiger partial charge in [0.2, 0.25) is 5.95 Å². The minimum absolute atomic E-state index is 0.701. The van der Waals surface area contributed by atoms with Crippen LogP contribution in [0, 0.1) is 6.92 Å². The van der Waals surface area contributed by atoms with E-state index in [4.69, 9.17) is 5.73 Å². The molecule has 0 spiro atoms. The molecule has 0 aromatic carbocycles. The second-order valence-corrected chi connectivity index (χ2v) is 4.61. The Morgan fingerprint density at radius 1 is 1.40 bits per heavy atom. The zero-order chi connectivity index (χ0) is 10.7. The van der Waals surface area contributed by atoms with E-state index in [9.17, 15) is 0 Å². The Labute approximate surface area is 94.1 Å². The third kappa shape index (κ3) is 2.41. The third-order valence-corrected chi connectivity index (χ3v) is 3.42. The zero-order valence-corrected chi connectivity index (χ0v) is 9.73. The van der Waals surface area contributed by atoms with Gasteiger partial charge in [0, 0.05) is 29.3 Å². The molecule has 2 rings (SSSR count). The van der Waals surface area contributed by atoms with Crippen molar-refractivity contribution < 1.29 is 0 Å². The molecule has 15 heavy (non-hydrogen) atoms. The number of aryl methyl sites for hydroxylation is 1. The second kappa shape index (κ2) is 4.81. The molecule has 0 bridgehead atoms. The Morgan fingerprint density at radius 3 is 3.07 bits per heavy atom. The van der Waals surface area contributed by atoms with Crippen molar-refractivity contribution in [2.75, 3.05) is 18.4 Å². The fourth-order valence-electron chi connectivity index (χ4n) is 1.59. The summed E-state index contributed by atoms with van der Waals surface area (Å²) < 4.78 is 0. The summed E-state index contributed by atoms with van der Waals surface area (Å²) in [5, 5.41) is 3.20. The van der Waals surface area contributed by atoms with E-state index in [2.05, 4.69) is 22.2 Å². The van der Waals surface area contributed by atoms with Crippen molar-refractivity contribution in [1.82, 2.24) is 9.97 Å².